The van der Waals surface area contributed by atoms with Crippen molar-refractivity contribution in [2.75, 3.05) is 0 Å². The van der Waals surface area contributed by atoms with Gasteiger partial charge in [0.1, 0.15) is 0 Å². The Morgan fingerprint density at radius 3 is 2.54 bits per heavy atom. The van der Waals surface area contributed by atoms with Crippen LogP contribution < -0.4 is 5.32 Å². The predicted octanol–water partition coefficient (Wildman–Crippen LogP) is 2.83. The molecule has 0 spiro atoms. The number of Topliss-reactive ketones (excluding diaryl/α,β-unsaturated/α-hetero) is 1. The van der Waals surface area contributed by atoms with Crippen molar-refractivity contribution in [2.45, 2.75) is 31.7 Å². The van der Waals surface area contributed by atoms with Crippen LogP contribution >= 0.6 is 0 Å². The van der Waals surface area contributed by atoms with Crippen LogP contribution in [0.4, 0.5) is 0 Å². The summed E-state index contributed by atoms with van der Waals surface area (Å²) in [5.41, 5.74) is 0.897. The van der Waals surface area contributed by atoms with Crippen molar-refractivity contribution < 1.29 is 19.5 Å². The fourth-order valence-corrected chi connectivity index (χ4v) is 3.99. The zero-order valence-corrected chi connectivity index (χ0v) is 14.5. The molecule has 0 heterocycles. The van der Waals surface area contributed by atoms with Gasteiger partial charge in [-0.25, -0.2) is 0 Å². The Labute approximate surface area is 152 Å². The average molecular weight is 353 g/mol. The molecule has 2 aliphatic carbocycles. The minimum Gasteiger partial charge on any atom is -0.481 e. The van der Waals surface area contributed by atoms with E-state index in [0.29, 0.717) is 12.8 Å². The number of carboxylic acid groups (broad SMARTS) is 1. The first-order valence-corrected chi connectivity index (χ1v) is 9.01. The summed E-state index contributed by atoms with van der Waals surface area (Å²) in [7, 11) is 0. The van der Waals surface area contributed by atoms with E-state index in [1.165, 1.54) is 6.08 Å². The SMILES string of the molecule is O=C(/C=C/c1ccccc1)NC1C/C=C\CC2CCC(C(=O)O)C2C1=O. The third-order valence-electron chi connectivity index (χ3n) is 5.30. The molecule has 4 unspecified atom stereocenters. The Kier molecular flexibility index (Phi) is 5.66. The largest absolute Gasteiger partial charge is 0.481 e. The Morgan fingerprint density at radius 1 is 1.08 bits per heavy atom. The van der Waals surface area contributed by atoms with Crippen LogP contribution in [0.5, 0.6) is 0 Å². The first-order valence-electron chi connectivity index (χ1n) is 9.01. The van der Waals surface area contributed by atoms with Crippen molar-refractivity contribution >= 4 is 23.7 Å². The molecule has 0 saturated heterocycles. The fourth-order valence-electron chi connectivity index (χ4n) is 3.99. The molecule has 5 nitrogen and oxygen atoms in total. The Bertz CT molecular complexity index is 738. The van der Waals surface area contributed by atoms with Gasteiger partial charge in [-0.2, -0.15) is 0 Å². The van der Waals surface area contributed by atoms with Gasteiger partial charge >= 0.3 is 5.97 Å². The highest BCUT2D eigenvalue weighted by molar-refractivity contribution is 5.98. The van der Waals surface area contributed by atoms with E-state index in [2.05, 4.69) is 5.32 Å². The number of carboxylic acids is 1. The summed E-state index contributed by atoms with van der Waals surface area (Å²) in [6.45, 7) is 0. The number of nitrogens with one attached hydrogen (secondary N) is 1. The summed E-state index contributed by atoms with van der Waals surface area (Å²) in [4.78, 5) is 36.7. The number of amides is 1. The Hall–Kier alpha value is -2.69. The van der Waals surface area contributed by atoms with Crippen LogP contribution in [0.2, 0.25) is 0 Å². The van der Waals surface area contributed by atoms with E-state index in [0.717, 1.165) is 18.4 Å². The summed E-state index contributed by atoms with van der Waals surface area (Å²) >= 11 is 0. The van der Waals surface area contributed by atoms with E-state index in [9.17, 15) is 19.5 Å². The van der Waals surface area contributed by atoms with Gasteiger partial charge in [0.15, 0.2) is 5.78 Å². The molecule has 1 aromatic carbocycles. The average Bonchev–Trinajstić information content (AvgIpc) is 3.05. The lowest BCUT2D eigenvalue weighted by molar-refractivity contribution is -0.146. The van der Waals surface area contributed by atoms with Crippen molar-refractivity contribution in [1.29, 1.82) is 0 Å². The fraction of sp³-hybridized carbons (Fsp3) is 0.381. The number of hydrogen-bond acceptors (Lipinski definition) is 3. The van der Waals surface area contributed by atoms with Crippen molar-refractivity contribution in [3.8, 4) is 0 Å². The van der Waals surface area contributed by atoms with Gasteiger partial charge in [0, 0.05) is 12.0 Å². The number of allylic oxidation sites excluding steroid dienone is 1. The zero-order valence-electron chi connectivity index (χ0n) is 14.5. The van der Waals surface area contributed by atoms with E-state index in [-0.39, 0.29) is 17.6 Å². The number of carbonyl (C=O) groups excluding carboxylic acids is 2. The molecule has 1 fully saturated rings. The van der Waals surface area contributed by atoms with Crippen molar-refractivity contribution in [3.63, 3.8) is 0 Å². The quantitative estimate of drug-likeness (QED) is 0.644. The van der Waals surface area contributed by atoms with Crippen molar-refractivity contribution in [1.82, 2.24) is 5.32 Å². The molecule has 0 bridgehead atoms. The highest BCUT2D eigenvalue weighted by Crippen LogP contribution is 2.41. The van der Waals surface area contributed by atoms with Gasteiger partial charge in [-0.05, 0) is 43.2 Å². The maximum atomic E-state index is 13.0. The second-order valence-corrected chi connectivity index (χ2v) is 6.96. The molecule has 0 aromatic heterocycles. The molecule has 5 heteroatoms. The van der Waals surface area contributed by atoms with Gasteiger partial charge in [-0.15, -0.1) is 0 Å². The topological polar surface area (TPSA) is 83.5 Å². The number of hydrogen-bond donors (Lipinski definition) is 2. The molecule has 0 aliphatic heterocycles. The number of aliphatic carboxylic acids is 1. The molecule has 2 aliphatic rings. The standard InChI is InChI=1S/C21H23NO4/c23-18(13-10-14-6-2-1-3-7-14)22-17-9-5-4-8-15-11-12-16(21(25)26)19(15)20(17)24/h1-7,10,13,15-17,19H,8-9,11-12H2,(H,22,23)(H,25,26)/b5-4-,13-10+. The maximum absolute atomic E-state index is 13.0. The van der Waals surface area contributed by atoms with Crippen LogP contribution in [0.15, 0.2) is 48.6 Å². The highest BCUT2D eigenvalue weighted by Gasteiger charge is 2.46. The van der Waals surface area contributed by atoms with Crippen LogP contribution in [-0.2, 0) is 14.4 Å². The van der Waals surface area contributed by atoms with E-state index in [1.54, 1.807) is 6.08 Å². The van der Waals surface area contributed by atoms with Crippen LogP contribution in [-0.4, -0.2) is 28.8 Å². The van der Waals surface area contributed by atoms with E-state index in [4.69, 9.17) is 0 Å². The Morgan fingerprint density at radius 2 is 1.81 bits per heavy atom. The lowest BCUT2D eigenvalue weighted by atomic mass is 9.79. The molecule has 2 N–H and O–H groups in total. The predicted molar refractivity (Wildman–Crippen MR) is 98.1 cm³/mol. The van der Waals surface area contributed by atoms with Crippen molar-refractivity contribution in [2.24, 2.45) is 17.8 Å². The smallest absolute Gasteiger partial charge is 0.307 e. The van der Waals surface area contributed by atoms with E-state index in [1.807, 2.05) is 42.5 Å². The van der Waals surface area contributed by atoms with Crippen LogP contribution in [0.25, 0.3) is 6.08 Å². The van der Waals surface area contributed by atoms with E-state index >= 15 is 0 Å². The summed E-state index contributed by atoms with van der Waals surface area (Å²) in [5, 5.41) is 12.2. The summed E-state index contributed by atoms with van der Waals surface area (Å²) in [5.74, 6) is -2.50. The van der Waals surface area contributed by atoms with E-state index < -0.39 is 23.8 Å². The van der Waals surface area contributed by atoms with Crippen molar-refractivity contribution in [3.05, 3.63) is 54.1 Å². The number of benzene rings is 1. The molecule has 4 atom stereocenters. The Balaban J connectivity index is 1.71. The normalized spacial score (nSPS) is 29.6. The highest BCUT2D eigenvalue weighted by atomic mass is 16.4. The van der Waals surface area contributed by atoms with Gasteiger partial charge < -0.3 is 10.4 Å². The summed E-state index contributed by atoms with van der Waals surface area (Å²) in [6, 6.07) is 8.75. The minimum absolute atomic E-state index is 0.0550. The molecule has 1 saturated carbocycles. The minimum atomic E-state index is -0.913. The number of fused-ring (bicyclic) bond motifs is 1. The van der Waals surface area contributed by atoms with Gasteiger partial charge in [0.25, 0.3) is 0 Å². The molecule has 1 aromatic rings. The first kappa shape index (κ1) is 18.1. The van der Waals surface area contributed by atoms with Gasteiger partial charge in [0.2, 0.25) is 5.91 Å². The third kappa shape index (κ3) is 4.10. The zero-order chi connectivity index (χ0) is 18.5. The molecular formula is C21H23NO4. The monoisotopic (exact) mass is 353 g/mol. The molecular weight excluding hydrogens is 330 g/mol. The van der Waals surface area contributed by atoms with Gasteiger partial charge in [-0.1, -0.05) is 42.5 Å². The first-order chi connectivity index (χ1) is 12.6. The second kappa shape index (κ2) is 8.13. The lowest BCUT2D eigenvalue weighted by Crippen LogP contribution is -2.46. The third-order valence-corrected chi connectivity index (χ3v) is 5.30. The van der Waals surface area contributed by atoms with Gasteiger partial charge in [0.05, 0.1) is 12.0 Å². The second-order valence-electron chi connectivity index (χ2n) is 6.96. The summed E-state index contributed by atoms with van der Waals surface area (Å²) in [6.07, 6.45) is 9.42. The van der Waals surface area contributed by atoms with Crippen LogP contribution in [0.3, 0.4) is 0 Å². The molecule has 26 heavy (non-hydrogen) atoms. The van der Waals surface area contributed by atoms with Crippen LogP contribution in [0, 0.1) is 17.8 Å². The van der Waals surface area contributed by atoms with Crippen LogP contribution in [0.1, 0.15) is 31.2 Å². The number of carbonyl (C=O) groups is 3. The van der Waals surface area contributed by atoms with Gasteiger partial charge in [-0.3, -0.25) is 14.4 Å². The number of ketones is 1. The maximum Gasteiger partial charge on any atom is 0.307 e. The number of rotatable bonds is 4. The molecule has 136 valence electrons. The molecule has 1 amide bonds. The lowest BCUT2D eigenvalue weighted by Gasteiger charge is -2.27. The molecule has 3 rings (SSSR count). The summed E-state index contributed by atoms with van der Waals surface area (Å²) < 4.78 is 0. The molecule has 0 radical (unpaired) electrons.